The van der Waals surface area contributed by atoms with E-state index in [1.54, 1.807) is 0 Å². The molecular formula is C13H22N2S. The van der Waals surface area contributed by atoms with Crippen LogP contribution in [0, 0.1) is 12.8 Å². The fraction of sp³-hybridized carbons (Fsp3) is 0.769. The second kappa shape index (κ2) is 4.46. The Morgan fingerprint density at radius 3 is 2.88 bits per heavy atom. The Kier molecular flexibility index (Phi) is 3.36. The summed E-state index contributed by atoms with van der Waals surface area (Å²) in [6.07, 6.45) is 2.32. The third-order valence-electron chi connectivity index (χ3n) is 3.84. The molecule has 1 saturated heterocycles. The van der Waals surface area contributed by atoms with Crippen LogP contribution in [0.25, 0.3) is 0 Å². The van der Waals surface area contributed by atoms with E-state index in [2.05, 4.69) is 33.0 Å². The maximum Gasteiger partial charge on any atom is 0.0900 e. The van der Waals surface area contributed by atoms with Crippen LogP contribution < -0.4 is 5.32 Å². The standard InChI is InChI=1S/C13H22N2S/c1-5-6-11-12(16-10(3)15-11)13(4)8-14-7-9(13)2/h9,14H,5-8H2,1-4H3. The first-order chi connectivity index (χ1) is 7.58. The molecule has 0 aliphatic carbocycles. The lowest BCUT2D eigenvalue weighted by Crippen LogP contribution is -2.30. The molecular weight excluding hydrogens is 216 g/mol. The quantitative estimate of drug-likeness (QED) is 0.876. The minimum Gasteiger partial charge on any atom is -0.316 e. The van der Waals surface area contributed by atoms with Crippen molar-refractivity contribution in [2.24, 2.45) is 5.92 Å². The topological polar surface area (TPSA) is 24.9 Å². The largest absolute Gasteiger partial charge is 0.316 e. The van der Waals surface area contributed by atoms with Crippen LogP contribution in [0.1, 0.15) is 42.8 Å². The van der Waals surface area contributed by atoms with Gasteiger partial charge in [0.25, 0.3) is 0 Å². The highest BCUT2D eigenvalue weighted by atomic mass is 32.1. The van der Waals surface area contributed by atoms with E-state index >= 15 is 0 Å². The summed E-state index contributed by atoms with van der Waals surface area (Å²) < 4.78 is 0. The molecule has 2 unspecified atom stereocenters. The van der Waals surface area contributed by atoms with Gasteiger partial charge < -0.3 is 5.32 Å². The van der Waals surface area contributed by atoms with Crippen LogP contribution >= 0.6 is 11.3 Å². The minimum atomic E-state index is 0.302. The smallest absolute Gasteiger partial charge is 0.0900 e. The van der Waals surface area contributed by atoms with E-state index in [1.807, 2.05) is 11.3 Å². The van der Waals surface area contributed by atoms with Gasteiger partial charge in [-0.15, -0.1) is 11.3 Å². The second-order valence-corrected chi connectivity index (χ2v) is 6.41. The van der Waals surface area contributed by atoms with E-state index in [-0.39, 0.29) is 0 Å². The van der Waals surface area contributed by atoms with Crippen molar-refractivity contribution in [3.63, 3.8) is 0 Å². The number of aryl methyl sites for hydroxylation is 2. The van der Waals surface area contributed by atoms with Crippen molar-refractivity contribution >= 4 is 11.3 Å². The van der Waals surface area contributed by atoms with Gasteiger partial charge in [-0.1, -0.05) is 27.2 Å². The molecule has 1 aliphatic heterocycles. The molecule has 90 valence electrons. The molecule has 2 nitrogen and oxygen atoms in total. The van der Waals surface area contributed by atoms with Gasteiger partial charge in [0.1, 0.15) is 0 Å². The summed E-state index contributed by atoms with van der Waals surface area (Å²) in [6, 6.07) is 0. The predicted molar refractivity (Wildman–Crippen MR) is 70.2 cm³/mol. The molecule has 3 heteroatoms. The van der Waals surface area contributed by atoms with Gasteiger partial charge in [-0.2, -0.15) is 0 Å². The molecule has 1 aromatic rings. The van der Waals surface area contributed by atoms with Gasteiger partial charge in [0.2, 0.25) is 0 Å². The highest BCUT2D eigenvalue weighted by Gasteiger charge is 2.40. The lowest BCUT2D eigenvalue weighted by atomic mass is 9.78. The summed E-state index contributed by atoms with van der Waals surface area (Å²) in [5.41, 5.74) is 1.65. The van der Waals surface area contributed by atoms with Gasteiger partial charge in [0.15, 0.2) is 0 Å². The summed E-state index contributed by atoms with van der Waals surface area (Å²) >= 11 is 1.90. The van der Waals surface area contributed by atoms with E-state index in [4.69, 9.17) is 4.98 Å². The fourth-order valence-corrected chi connectivity index (χ4v) is 3.80. The molecule has 0 amide bonds. The second-order valence-electron chi connectivity index (χ2n) is 5.21. The first-order valence-electron chi connectivity index (χ1n) is 6.25. The first-order valence-corrected chi connectivity index (χ1v) is 7.07. The lowest BCUT2D eigenvalue weighted by molar-refractivity contribution is 0.407. The SMILES string of the molecule is CCCc1nc(C)sc1C1(C)CNCC1C. The molecule has 2 rings (SSSR count). The maximum atomic E-state index is 4.72. The summed E-state index contributed by atoms with van der Waals surface area (Å²) in [4.78, 5) is 6.25. The fourth-order valence-electron chi connectivity index (χ4n) is 2.57. The minimum absolute atomic E-state index is 0.302. The molecule has 1 N–H and O–H groups in total. The highest BCUT2D eigenvalue weighted by molar-refractivity contribution is 7.11. The number of nitrogens with one attached hydrogen (secondary N) is 1. The molecule has 1 aliphatic rings. The molecule has 0 spiro atoms. The molecule has 0 saturated carbocycles. The zero-order chi connectivity index (χ0) is 11.8. The van der Waals surface area contributed by atoms with Crippen molar-refractivity contribution in [1.82, 2.24) is 10.3 Å². The molecule has 1 aromatic heterocycles. The van der Waals surface area contributed by atoms with E-state index in [0.29, 0.717) is 11.3 Å². The average molecular weight is 238 g/mol. The molecule has 0 bridgehead atoms. The number of hydrogen-bond donors (Lipinski definition) is 1. The maximum absolute atomic E-state index is 4.72. The summed E-state index contributed by atoms with van der Waals surface area (Å²) in [6.45, 7) is 11.3. The van der Waals surface area contributed by atoms with Crippen LogP contribution in [-0.2, 0) is 11.8 Å². The number of hydrogen-bond acceptors (Lipinski definition) is 3. The Bertz CT molecular complexity index is 372. The number of rotatable bonds is 3. The van der Waals surface area contributed by atoms with Gasteiger partial charge in [-0.3, -0.25) is 0 Å². The molecule has 2 atom stereocenters. The van der Waals surface area contributed by atoms with Crippen LogP contribution in [0.3, 0.4) is 0 Å². The Morgan fingerprint density at radius 2 is 2.31 bits per heavy atom. The first kappa shape index (κ1) is 12.1. The average Bonchev–Trinajstić information content (AvgIpc) is 2.74. The molecule has 0 radical (unpaired) electrons. The Morgan fingerprint density at radius 1 is 1.56 bits per heavy atom. The van der Waals surface area contributed by atoms with Crippen LogP contribution in [0.4, 0.5) is 0 Å². The molecule has 16 heavy (non-hydrogen) atoms. The van der Waals surface area contributed by atoms with Crippen LogP contribution in [-0.4, -0.2) is 18.1 Å². The Hall–Kier alpha value is -0.410. The number of aromatic nitrogens is 1. The van der Waals surface area contributed by atoms with Crippen molar-refractivity contribution in [1.29, 1.82) is 0 Å². The van der Waals surface area contributed by atoms with Gasteiger partial charge >= 0.3 is 0 Å². The highest BCUT2D eigenvalue weighted by Crippen LogP contribution is 2.40. The van der Waals surface area contributed by atoms with E-state index < -0.39 is 0 Å². The van der Waals surface area contributed by atoms with Crippen molar-refractivity contribution in [2.75, 3.05) is 13.1 Å². The van der Waals surface area contributed by atoms with Crippen LogP contribution in [0.15, 0.2) is 0 Å². The zero-order valence-electron chi connectivity index (χ0n) is 10.8. The van der Waals surface area contributed by atoms with Gasteiger partial charge in [0.05, 0.1) is 10.7 Å². The Labute approximate surface area is 102 Å². The van der Waals surface area contributed by atoms with Crippen molar-refractivity contribution in [3.8, 4) is 0 Å². The normalized spacial score (nSPS) is 29.9. The lowest BCUT2D eigenvalue weighted by Gasteiger charge is -2.27. The Balaban J connectivity index is 2.38. The van der Waals surface area contributed by atoms with E-state index in [0.717, 1.165) is 19.5 Å². The number of thiazole rings is 1. The predicted octanol–water partition coefficient (Wildman–Crippen LogP) is 2.90. The third-order valence-corrected chi connectivity index (χ3v) is 5.13. The van der Waals surface area contributed by atoms with E-state index in [9.17, 15) is 0 Å². The summed E-state index contributed by atoms with van der Waals surface area (Å²) in [5, 5.41) is 4.74. The van der Waals surface area contributed by atoms with Crippen molar-refractivity contribution in [2.45, 2.75) is 46.0 Å². The van der Waals surface area contributed by atoms with Crippen molar-refractivity contribution < 1.29 is 0 Å². The van der Waals surface area contributed by atoms with Gasteiger partial charge in [-0.25, -0.2) is 4.98 Å². The molecule has 1 fully saturated rings. The monoisotopic (exact) mass is 238 g/mol. The van der Waals surface area contributed by atoms with Crippen LogP contribution in [0.2, 0.25) is 0 Å². The molecule has 0 aromatic carbocycles. The third kappa shape index (κ3) is 1.91. The van der Waals surface area contributed by atoms with Gasteiger partial charge in [-0.05, 0) is 25.8 Å². The zero-order valence-corrected chi connectivity index (χ0v) is 11.6. The van der Waals surface area contributed by atoms with Crippen molar-refractivity contribution in [3.05, 3.63) is 15.6 Å². The summed E-state index contributed by atoms with van der Waals surface area (Å²) in [7, 11) is 0. The van der Waals surface area contributed by atoms with E-state index in [1.165, 1.54) is 22.0 Å². The van der Waals surface area contributed by atoms with Gasteiger partial charge in [0, 0.05) is 16.8 Å². The number of nitrogens with zero attached hydrogens (tertiary/aromatic N) is 1. The molecule has 2 heterocycles. The summed E-state index contributed by atoms with van der Waals surface area (Å²) in [5.74, 6) is 0.711. The van der Waals surface area contributed by atoms with Crippen LogP contribution in [0.5, 0.6) is 0 Å².